The number of carbonyl (C=O) groups is 4. The summed E-state index contributed by atoms with van der Waals surface area (Å²) in [6, 6.07) is 16.9. The summed E-state index contributed by atoms with van der Waals surface area (Å²) in [6.45, 7) is -0.0595. The molecule has 0 spiro atoms. The number of pyridine rings is 2. The molecule has 0 saturated heterocycles. The van der Waals surface area contributed by atoms with Crippen LogP contribution in [0.15, 0.2) is 54.6 Å². The van der Waals surface area contributed by atoms with E-state index in [4.69, 9.17) is 9.97 Å². The van der Waals surface area contributed by atoms with Crippen LogP contribution in [0.4, 0.5) is 0 Å². The molecule has 2 aromatic heterocycles. The molecular formula is C29H28N4O8. The summed E-state index contributed by atoms with van der Waals surface area (Å²) in [4.78, 5) is 57.4. The topological polar surface area (TPSA) is 181 Å². The maximum atomic E-state index is 11.4. The third-order valence-electron chi connectivity index (χ3n) is 6.32. The molecule has 0 saturated carbocycles. The minimum atomic E-state index is -1.17. The summed E-state index contributed by atoms with van der Waals surface area (Å²) in [5.74, 6) is -4.68. The number of carboxylic acid groups (broad SMARTS) is 4. The molecule has 0 bridgehead atoms. The van der Waals surface area contributed by atoms with Crippen LogP contribution < -0.4 is 0 Å². The molecule has 2 aromatic carbocycles. The lowest BCUT2D eigenvalue weighted by Gasteiger charge is -2.19. The first kappa shape index (κ1) is 29.1. The van der Waals surface area contributed by atoms with Crippen molar-refractivity contribution >= 4 is 45.7 Å². The second-order valence-electron chi connectivity index (χ2n) is 9.73. The van der Waals surface area contributed by atoms with E-state index in [1.54, 1.807) is 18.2 Å². The number of carboxylic acids is 4. The monoisotopic (exact) mass is 560 g/mol. The molecule has 0 radical (unpaired) electrons. The van der Waals surface area contributed by atoms with Crippen LogP contribution in [0.3, 0.4) is 0 Å². The van der Waals surface area contributed by atoms with Crippen LogP contribution in [0.1, 0.15) is 17.0 Å². The number of benzene rings is 2. The zero-order chi connectivity index (χ0) is 29.7. The number of hydrogen-bond donors (Lipinski definition) is 4. The first-order valence-electron chi connectivity index (χ1n) is 12.6. The Balaban J connectivity index is 1.88. The Morgan fingerprint density at radius 3 is 1.66 bits per heavy atom. The third kappa shape index (κ3) is 7.59. The maximum Gasteiger partial charge on any atom is 0.317 e. The van der Waals surface area contributed by atoms with E-state index in [0.29, 0.717) is 22.4 Å². The lowest BCUT2D eigenvalue weighted by molar-refractivity contribution is -0.144. The van der Waals surface area contributed by atoms with E-state index in [1.165, 1.54) is 9.80 Å². The highest BCUT2D eigenvalue weighted by atomic mass is 16.4. The molecule has 0 aliphatic rings. The van der Waals surface area contributed by atoms with Gasteiger partial charge in [0.25, 0.3) is 0 Å². The van der Waals surface area contributed by atoms with Crippen LogP contribution in [-0.2, 0) is 32.3 Å². The first-order valence-corrected chi connectivity index (χ1v) is 12.6. The fraction of sp³-hybridized carbons (Fsp3) is 0.241. The van der Waals surface area contributed by atoms with Gasteiger partial charge < -0.3 is 20.4 Å². The molecule has 0 unspecified atom stereocenters. The number of aryl methyl sites for hydroxylation is 1. The van der Waals surface area contributed by atoms with E-state index in [2.05, 4.69) is 0 Å². The molecular weight excluding hydrogens is 532 g/mol. The van der Waals surface area contributed by atoms with Crippen molar-refractivity contribution in [2.45, 2.75) is 20.0 Å². The van der Waals surface area contributed by atoms with Gasteiger partial charge in [-0.1, -0.05) is 48.0 Å². The molecule has 0 atom stereocenters. The molecule has 12 heteroatoms. The molecule has 0 aliphatic heterocycles. The van der Waals surface area contributed by atoms with Gasteiger partial charge in [0.1, 0.15) is 0 Å². The smallest absolute Gasteiger partial charge is 0.317 e. The molecule has 212 valence electrons. The average Bonchev–Trinajstić information content (AvgIpc) is 2.87. The van der Waals surface area contributed by atoms with Gasteiger partial charge in [-0.3, -0.25) is 29.0 Å². The largest absolute Gasteiger partial charge is 0.480 e. The van der Waals surface area contributed by atoms with Crippen molar-refractivity contribution in [3.63, 3.8) is 0 Å². The van der Waals surface area contributed by atoms with E-state index >= 15 is 0 Å². The minimum Gasteiger partial charge on any atom is -0.480 e. The molecule has 0 amide bonds. The van der Waals surface area contributed by atoms with Crippen LogP contribution in [0.5, 0.6) is 0 Å². The van der Waals surface area contributed by atoms with Crippen LogP contribution in [-0.4, -0.2) is 90.3 Å². The predicted molar refractivity (Wildman–Crippen MR) is 148 cm³/mol. The summed E-state index contributed by atoms with van der Waals surface area (Å²) in [5.41, 5.74) is 4.59. The molecule has 12 nitrogen and oxygen atoms in total. The molecule has 0 aliphatic carbocycles. The fourth-order valence-electron chi connectivity index (χ4n) is 4.66. The zero-order valence-electron chi connectivity index (χ0n) is 22.1. The number of fused-ring (bicyclic) bond motifs is 3. The summed E-state index contributed by atoms with van der Waals surface area (Å²) >= 11 is 0. The Kier molecular flexibility index (Phi) is 8.85. The van der Waals surface area contributed by atoms with Crippen molar-refractivity contribution < 1.29 is 39.6 Å². The predicted octanol–water partition coefficient (Wildman–Crippen LogP) is 2.70. The van der Waals surface area contributed by atoms with Crippen LogP contribution in [0, 0.1) is 6.92 Å². The van der Waals surface area contributed by atoms with Gasteiger partial charge in [0.05, 0.1) is 48.6 Å². The van der Waals surface area contributed by atoms with Gasteiger partial charge >= 0.3 is 23.9 Å². The van der Waals surface area contributed by atoms with E-state index in [9.17, 15) is 39.6 Å². The van der Waals surface area contributed by atoms with Crippen molar-refractivity contribution in [1.82, 2.24) is 19.8 Å². The van der Waals surface area contributed by atoms with Gasteiger partial charge in [-0.25, -0.2) is 9.97 Å². The Bertz CT molecular complexity index is 1610. The molecule has 0 fully saturated rings. The maximum absolute atomic E-state index is 11.4. The lowest BCUT2D eigenvalue weighted by atomic mass is 9.97. The van der Waals surface area contributed by atoms with E-state index in [0.717, 1.165) is 27.5 Å². The number of hydrogen-bond acceptors (Lipinski definition) is 8. The van der Waals surface area contributed by atoms with Crippen molar-refractivity contribution in [3.8, 4) is 11.1 Å². The quantitative estimate of drug-likeness (QED) is 0.176. The Hall–Kier alpha value is -4.94. The van der Waals surface area contributed by atoms with Gasteiger partial charge in [0.2, 0.25) is 0 Å². The van der Waals surface area contributed by atoms with Gasteiger partial charge in [-0.15, -0.1) is 0 Å². The summed E-state index contributed by atoms with van der Waals surface area (Å²) < 4.78 is 0. The van der Waals surface area contributed by atoms with Crippen molar-refractivity contribution in [1.29, 1.82) is 0 Å². The highest BCUT2D eigenvalue weighted by molar-refractivity contribution is 6.08. The van der Waals surface area contributed by atoms with Gasteiger partial charge in [-0.2, -0.15) is 0 Å². The lowest BCUT2D eigenvalue weighted by Crippen LogP contribution is -2.34. The average molecular weight is 561 g/mol. The number of rotatable bonds is 13. The summed E-state index contributed by atoms with van der Waals surface area (Å²) in [6.07, 6.45) is 0. The van der Waals surface area contributed by atoms with Crippen LogP contribution >= 0.6 is 0 Å². The van der Waals surface area contributed by atoms with Crippen molar-refractivity contribution in [2.24, 2.45) is 0 Å². The molecule has 41 heavy (non-hydrogen) atoms. The number of aliphatic carboxylic acids is 4. The fourth-order valence-corrected chi connectivity index (χ4v) is 4.66. The molecule has 4 aromatic rings. The van der Waals surface area contributed by atoms with Gasteiger partial charge in [0, 0.05) is 23.9 Å². The molecule has 4 rings (SSSR count). The minimum absolute atomic E-state index is 0.0273. The van der Waals surface area contributed by atoms with Gasteiger partial charge in [-0.05, 0) is 30.2 Å². The van der Waals surface area contributed by atoms with E-state index < -0.39 is 50.1 Å². The Morgan fingerprint density at radius 1 is 0.634 bits per heavy atom. The van der Waals surface area contributed by atoms with Crippen LogP contribution in [0.2, 0.25) is 0 Å². The SMILES string of the molecule is Cc1ccc(-c2cc(CN(CC(=O)O)CC(=O)O)nc3c2ccc2ccc(CN(CC(=O)O)CC(=O)O)nc23)cc1. The first-order chi connectivity index (χ1) is 19.5. The summed E-state index contributed by atoms with van der Waals surface area (Å²) in [5, 5.41) is 38.5. The zero-order valence-corrected chi connectivity index (χ0v) is 22.1. The van der Waals surface area contributed by atoms with Gasteiger partial charge in [0.15, 0.2) is 0 Å². The highest BCUT2D eigenvalue weighted by Crippen LogP contribution is 2.33. The van der Waals surface area contributed by atoms with E-state index in [-0.39, 0.29) is 13.1 Å². The molecule has 2 heterocycles. The second kappa shape index (κ2) is 12.5. The standard InChI is InChI=1S/C29H28N4O8/c1-17-2-4-18(5-3-17)23-10-21(12-33(15-26(38)39)16-27(40)41)31-29-22(23)9-7-19-6-8-20(30-28(19)29)11-32(13-24(34)35)14-25(36)37/h2-10H,11-16H2,1H3,(H,34,35)(H,36,37)(H,38,39)(H,40,41). The number of nitrogens with zero attached hydrogens (tertiary/aromatic N) is 4. The Labute approximate surface area is 234 Å². The molecule has 4 N–H and O–H groups in total. The number of aromatic nitrogens is 2. The highest BCUT2D eigenvalue weighted by Gasteiger charge is 2.19. The van der Waals surface area contributed by atoms with Crippen molar-refractivity contribution in [3.05, 3.63) is 71.5 Å². The second-order valence-corrected chi connectivity index (χ2v) is 9.73. The normalized spacial score (nSPS) is 11.4. The van der Waals surface area contributed by atoms with Crippen molar-refractivity contribution in [2.75, 3.05) is 26.2 Å². The van der Waals surface area contributed by atoms with E-state index in [1.807, 2.05) is 43.3 Å². The van der Waals surface area contributed by atoms with Crippen LogP contribution in [0.25, 0.3) is 32.9 Å². The Morgan fingerprint density at radius 2 is 1.12 bits per heavy atom. The third-order valence-corrected chi connectivity index (χ3v) is 6.32. The summed E-state index contributed by atoms with van der Waals surface area (Å²) in [7, 11) is 0.